The highest BCUT2D eigenvalue weighted by atomic mass is 15.0. The molecule has 0 bridgehead atoms. The molecule has 1 aromatic carbocycles. The second-order valence-corrected chi connectivity index (χ2v) is 3.60. The molecule has 1 aromatic rings. The SMILES string of the molecule is C1=NC=NC1C1=Cc2ccccc2C1. The molecule has 2 heteroatoms. The predicted octanol–water partition coefficient (Wildman–Crippen LogP) is 2.11. The van der Waals surface area contributed by atoms with E-state index in [0.717, 1.165) is 6.42 Å². The Bertz CT molecular complexity index is 443. The first kappa shape index (κ1) is 7.68. The minimum absolute atomic E-state index is 0.183. The average Bonchev–Trinajstić information content (AvgIpc) is 2.86. The van der Waals surface area contributed by atoms with Crippen LogP contribution in [0.15, 0.2) is 39.8 Å². The van der Waals surface area contributed by atoms with Crippen LogP contribution in [0.5, 0.6) is 0 Å². The number of benzene rings is 1. The van der Waals surface area contributed by atoms with Crippen LogP contribution in [-0.2, 0) is 6.42 Å². The molecule has 0 fully saturated rings. The van der Waals surface area contributed by atoms with Crippen molar-refractivity contribution in [2.24, 2.45) is 9.98 Å². The van der Waals surface area contributed by atoms with Crippen molar-refractivity contribution in [3.8, 4) is 0 Å². The third-order valence-corrected chi connectivity index (χ3v) is 2.69. The Morgan fingerprint density at radius 2 is 2.14 bits per heavy atom. The lowest BCUT2D eigenvalue weighted by atomic mass is 10.1. The molecule has 0 radical (unpaired) electrons. The van der Waals surface area contributed by atoms with Gasteiger partial charge in [0, 0.05) is 6.21 Å². The summed E-state index contributed by atoms with van der Waals surface area (Å²) in [5, 5.41) is 0. The van der Waals surface area contributed by atoms with Gasteiger partial charge in [-0.25, -0.2) is 4.99 Å². The third-order valence-electron chi connectivity index (χ3n) is 2.69. The fourth-order valence-electron chi connectivity index (χ4n) is 1.96. The topological polar surface area (TPSA) is 24.7 Å². The highest BCUT2D eigenvalue weighted by Crippen LogP contribution is 2.27. The normalized spacial score (nSPS) is 22.6. The predicted molar refractivity (Wildman–Crippen MR) is 58.9 cm³/mol. The zero-order valence-corrected chi connectivity index (χ0v) is 7.72. The van der Waals surface area contributed by atoms with E-state index in [9.17, 15) is 0 Å². The fraction of sp³-hybridized carbons (Fsp3) is 0.167. The van der Waals surface area contributed by atoms with Crippen molar-refractivity contribution in [2.45, 2.75) is 12.5 Å². The molecule has 0 saturated carbocycles. The molecule has 0 aromatic heterocycles. The van der Waals surface area contributed by atoms with Gasteiger partial charge in [-0.2, -0.15) is 0 Å². The van der Waals surface area contributed by atoms with Crippen LogP contribution in [0.4, 0.5) is 0 Å². The number of aliphatic imine (C=N–C) groups is 2. The zero-order chi connectivity index (χ0) is 9.38. The summed E-state index contributed by atoms with van der Waals surface area (Å²) in [6.45, 7) is 0. The molecule has 1 aliphatic carbocycles. The van der Waals surface area contributed by atoms with Gasteiger partial charge in [0.05, 0.1) is 0 Å². The summed E-state index contributed by atoms with van der Waals surface area (Å²) < 4.78 is 0. The molecule has 1 aliphatic heterocycles. The van der Waals surface area contributed by atoms with Gasteiger partial charge < -0.3 is 0 Å². The lowest BCUT2D eigenvalue weighted by molar-refractivity contribution is 0.995. The Hall–Kier alpha value is -1.70. The van der Waals surface area contributed by atoms with Gasteiger partial charge in [0.2, 0.25) is 0 Å². The molecule has 2 nitrogen and oxygen atoms in total. The Morgan fingerprint density at radius 3 is 2.93 bits per heavy atom. The van der Waals surface area contributed by atoms with E-state index in [-0.39, 0.29) is 6.04 Å². The molecule has 0 amide bonds. The second kappa shape index (κ2) is 2.91. The lowest BCUT2D eigenvalue weighted by Gasteiger charge is -2.03. The number of nitrogens with zero attached hydrogens (tertiary/aromatic N) is 2. The fourth-order valence-corrected chi connectivity index (χ4v) is 1.96. The van der Waals surface area contributed by atoms with Crippen LogP contribution in [0.3, 0.4) is 0 Å². The molecule has 2 aliphatic rings. The van der Waals surface area contributed by atoms with Crippen LogP contribution in [0, 0.1) is 0 Å². The van der Waals surface area contributed by atoms with Crippen LogP contribution in [0.1, 0.15) is 11.1 Å². The molecule has 3 rings (SSSR count). The molecule has 1 atom stereocenters. The van der Waals surface area contributed by atoms with Gasteiger partial charge in [-0.05, 0) is 23.1 Å². The van der Waals surface area contributed by atoms with Gasteiger partial charge in [0.25, 0.3) is 0 Å². The summed E-state index contributed by atoms with van der Waals surface area (Å²) in [5.41, 5.74) is 4.08. The van der Waals surface area contributed by atoms with Crippen molar-refractivity contribution in [2.75, 3.05) is 0 Å². The van der Waals surface area contributed by atoms with Gasteiger partial charge >= 0.3 is 0 Å². The number of fused-ring (bicyclic) bond motifs is 1. The van der Waals surface area contributed by atoms with E-state index in [4.69, 9.17) is 0 Å². The molecule has 0 N–H and O–H groups in total. The summed E-state index contributed by atoms with van der Waals surface area (Å²) in [6, 6.07) is 8.67. The smallest absolute Gasteiger partial charge is 0.110 e. The maximum Gasteiger partial charge on any atom is 0.110 e. The quantitative estimate of drug-likeness (QED) is 0.635. The number of hydrogen-bond acceptors (Lipinski definition) is 2. The first-order valence-electron chi connectivity index (χ1n) is 4.77. The Morgan fingerprint density at radius 1 is 1.21 bits per heavy atom. The second-order valence-electron chi connectivity index (χ2n) is 3.60. The highest BCUT2D eigenvalue weighted by molar-refractivity contribution is 5.87. The first-order chi connectivity index (χ1) is 6.93. The van der Waals surface area contributed by atoms with Crippen LogP contribution in [0.25, 0.3) is 6.08 Å². The number of hydrogen-bond donors (Lipinski definition) is 0. The standard InChI is InChI=1S/C12H10N2/c1-2-4-10-6-11(5-9(10)3-1)12-7-13-8-14-12/h1-5,7-8,12H,6H2. The number of rotatable bonds is 1. The van der Waals surface area contributed by atoms with E-state index in [1.54, 1.807) is 6.34 Å². The molecule has 0 saturated heterocycles. The van der Waals surface area contributed by atoms with Crippen molar-refractivity contribution in [3.63, 3.8) is 0 Å². The largest absolute Gasteiger partial charge is 0.260 e. The van der Waals surface area contributed by atoms with Crippen molar-refractivity contribution in [3.05, 3.63) is 41.0 Å². The Labute approximate surface area is 82.7 Å². The van der Waals surface area contributed by atoms with E-state index in [1.165, 1.54) is 16.7 Å². The Kier molecular flexibility index (Phi) is 1.60. The van der Waals surface area contributed by atoms with Gasteiger partial charge in [-0.1, -0.05) is 30.3 Å². The molecule has 68 valence electrons. The van der Waals surface area contributed by atoms with E-state index < -0.39 is 0 Å². The summed E-state index contributed by atoms with van der Waals surface area (Å²) in [7, 11) is 0. The van der Waals surface area contributed by atoms with Gasteiger partial charge in [0.15, 0.2) is 0 Å². The maximum atomic E-state index is 4.29. The summed E-state index contributed by atoms with van der Waals surface area (Å²) in [5.74, 6) is 0. The third kappa shape index (κ3) is 1.11. The summed E-state index contributed by atoms with van der Waals surface area (Å²) in [4.78, 5) is 8.30. The summed E-state index contributed by atoms with van der Waals surface area (Å²) in [6.07, 6.45) is 6.78. The van der Waals surface area contributed by atoms with E-state index >= 15 is 0 Å². The van der Waals surface area contributed by atoms with E-state index in [1.807, 2.05) is 6.21 Å². The first-order valence-corrected chi connectivity index (χ1v) is 4.77. The highest BCUT2D eigenvalue weighted by Gasteiger charge is 2.19. The van der Waals surface area contributed by atoms with E-state index in [2.05, 4.69) is 40.3 Å². The van der Waals surface area contributed by atoms with Crippen molar-refractivity contribution in [1.82, 2.24) is 0 Å². The van der Waals surface area contributed by atoms with Crippen LogP contribution in [-0.4, -0.2) is 18.6 Å². The molecule has 14 heavy (non-hydrogen) atoms. The van der Waals surface area contributed by atoms with Gasteiger partial charge in [-0.3, -0.25) is 4.99 Å². The molecule has 0 spiro atoms. The lowest BCUT2D eigenvalue weighted by Crippen LogP contribution is -2.06. The minimum atomic E-state index is 0.183. The van der Waals surface area contributed by atoms with Crippen LogP contribution in [0.2, 0.25) is 0 Å². The summed E-state index contributed by atoms with van der Waals surface area (Å²) >= 11 is 0. The van der Waals surface area contributed by atoms with Gasteiger partial charge in [0.1, 0.15) is 12.4 Å². The van der Waals surface area contributed by atoms with Crippen molar-refractivity contribution < 1.29 is 0 Å². The van der Waals surface area contributed by atoms with E-state index in [0.29, 0.717) is 0 Å². The van der Waals surface area contributed by atoms with Crippen molar-refractivity contribution >= 4 is 18.6 Å². The van der Waals surface area contributed by atoms with Crippen LogP contribution < -0.4 is 0 Å². The Balaban J connectivity index is 1.95. The molecule has 1 heterocycles. The van der Waals surface area contributed by atoms with Gasteiger partial charge in [-0.15, -0.1) is 0 Å². The van der Waals surface area contributed by atoms with Crippen molar-refractivity contribution in [1.29, 1.82) is 0 Å². The zero-order valence-electron chi connectivity index (χ0n) is 7.72. The van der Waals surface area contributed by atoms with Crippen LogP contribution >= 0.6 is 0 Å². The average molecular weight is 182 g/mol. The minimum Gasteiger partial charge on any atom is -0.260 e. The maximum absolute atomic E-state index is 4.29. The monoisotopic (exact) mass is 182 g/mol. The molecule has 1 unspecified atom stereocenters. The molecular weight excluding hydrogens is 172 g/mol. The molecular formula is C12H10N2.